The maximum absolute atomic E-state index is 9.86. The maximum Gasteiger partial charge on any atom is 0.0814 e. The lowest BCUT2D eigenvalue weighted by atomic mass is 10.0. The normalized spacial score (nSPS) is 25.1. The molecule has 2 aromatic carbocycles. The van der Waals surface area contributed by atoms with Gasteiger partial charge in [-0.15, -0.1) is 0 Å². The zero-order valence-corrected chi connectivity index (χ0v) is 11.8. The van der Waals surface area contributed by atoms with Crippen LogP contribution < -0.4 is 0 Å². The molecule has 1 heterocycles. The topological polar surface area (TPSA) is 20.2 Å². The minimum Gasteiger partial charge on any atom is -0.392 e. The van der Waals surface area contributed by atoms with E-state index in [2.05, 4.69) is 60.7 Å². The first-order valence-corrected chi connectivity index (χ1v) is 8.53. The molecule has 3 rings (SSSR count). The second-order valence-corrected chi connectivity index (χ2v) is 7.64. The maximum atomic E-state index is 9.86. The van der Waals surface area contributed by atoms with Crippen molar-refractivity contribution in [2.24, 2.45) is 0 Å². The summed E-state index contributed by atoms with van der Waals surface area (Å²) in [6, 6.07) is 21.4. The standard InChI is InChI=1S/C17H19OP.BH3/c18-13-19-16(14-7-3-1-4-8-14)11-12-17(19)15-9-5-2-6-10-15;/h1-10,16-18H,11-13H2;1H3. The zero-order valence-electron chi connectivity index (χ0n) is 10.9. The monoisotopic (exact) mass is 284 g/mol. The molecule has 2 unspecified atom stereocenters. The van der Waals surface area contributed by atoms with Crippen LogP contribution >= 0.6 is 7.92 Å². The SMILES string of the molecule is B.OCP1C(c2ccccc2)CCC1c1ccccc1. The minimum absolute atomic E-state index is 0. The van der Waals surface area contributed by atoms with Crippen molar-refractivity contribution in [3.8, 4) is 0 Å². The van der Waals surface area contributed by atoms with Crippen LogP contribution in [-0.4, -0.2) is 19.9 Å². The Balaban J connectivity index is 0.00000147. The molecule has 0 bridgehead atoms. The van der Waals surface area contributed by atoms with Gasteiger partial charge in [-0.2, -0.15) is 0 Å². The molecule has 1 N–H and O–H groups in total. The highest BCUT2D eigenvalue weighted by molar-refractivity contribution is 7.58. The molecule has 0 radical (unpaired) electrons. The molecule has 0 saturated carbocycles. The molecule has 0 aliphatic carbocycles. The van der Waals surface area contributed by atoms with E-state index in [1.165, 1.54) is 24.0 Å². The van der Waals surface area contributed by atoms with Crippen molar-refractivity contribution in [3.05, 3.63) is 71.8 Å². The zero-order chi connectivity index (χ0) is 13.1. The molecule has 2 atom stereocenters. The molecule has 20 heavy (non-hydrogen) atoms. The third-order valence-electron chi connectivity index (χ3n) is 4.05. The quantitative estimate of drug-likeness (QED) is 0.675. The lowest BCUT2D eigenvalue weighted by Gasteiger charge is -2.24. The van der Waals surface area contributed by atoms with Crippen molar-refractivity contribution in [3.63, 3.8) is 0 Å². The molecular weight excluding hydrogens is 262 g/mol. The number of benzene rings is 2. The predicted octanol–water partition coefficient (Wildman–Crippen LogP) is 3.51. The first-order chi connectivity index (χ1) is 9.40. The van der Waals surface area contributed by atoms with E-state index in [0.717, 1.165) is 0 Å². The van der Waals surface area contributed by atoms with E-state index >= 15 is 0 Å². The molecule has 0 spiro atoms. The van der Waals surface area contributed by atoms with Gasteiger partial charge >= 0.3 is 0 Å². The summed E-state index contributed by atoms with van der Waals surface area (Å²) in [7, 11) is -0.367. The Labute approximate surface area is 124 Å². The Bertz CT molecular complexity index is 470. The van der Waals surface area contributed by atoms with Crippen LogP contribution in [0, 0.1) is 0 Å². The summed E-state index contributed by atoms with van der Waals surface area (Å²) in [6.45, 7) is 0. The van der Waals surface area contributed by atoms with E-state index in [0.29, 0.717) is 17.7 Å². The molecule has 0 amide bonds. The minimum atomic E-state index is -0.367. The number of aliphatic hydroxyl groups excluding tert-OH is 1. The van der Waals surface area contributed by atoms with Crippen LogP contribution in [0.4, 0.5) is 0 Å². The Morgan fingerprint density at radius 3 is 1.55 bits per heavy atom. The summed E-state index contributed by atoms with van der Waals surface area (Å²) in [5, 5.41) is 9.86. The van der Waals surface area contributed by atoms with Gasteiger partial charge in [-0.25, -0.2) is 0 Å². The lowest BCUT2D eigenvalue weighted by Crippen LogP contribution is -1.97. The fourth-order valence-electron chi connectivity index (χ4n) is 3.13. The van der Waals surface area contributed by atoms with E-state index in [9.17, 15) is 5.11 Å². The van der Waals surface area contributed by atoms with Crippen LogP contribution in [0.2, 0.25) is 0 Å². The smallest absolute Gasteiger partial charge is 0.0814 e. The molecule has 1 aliphatic heterocycles. The van der Waals surface area contributed by atoms with Gasteiger partial charge in [0.2, 0.25) is 0 Å². The second kappa shape index (κ2) is 7.06. The Morgan fingerprint density at radius 2 is 1.20 bits per heavy atom. The number of hydrogen-bond acceptors (Lipinski definition) is 1. The molecule has 0 aromatic heterocycles. The van der Waals surface area contributed by atoms with E-state index < -0.39 is 0 Å². The molecule has 1 saturated heterocycles. The van der Waals surface area contributed by atoms with Crippen LogP contribution in [0.25, 0.3) is 0 Å². The van der Waals surface area contributed by atoms with Crippen LogP contribution in [0.5, 0.6) is 0 Å². The molecule has 1 nitrogen and oxygen atoms in total. The summed E-state index contributed by atoms with van der Waals surface area (Å²) in [4.78, 5) is 0. The molecular formula is C17H22BOP. The van der Waals surface area contributed by atoms with Crippen molar-refractivity contribution in [2.75, 3.05) is 6.35 Å². The summed E-state index contributed by atoms with van der Waals surface area (Å²) in [6.07, 6.45) is 2.75. The molecule has 3 heteroatoms. The van der Waals surface area contributed by atoms with Crippen LogP contribution in [0.3, 0.4) is 0 Å². The van der Waals surface area contributed by atoms with Gasteiger partial charge in [0.25, 0.3) is 0 Å². The van der Waals surface area contributed by atoms with Crippen LogP contribution in [0.15, 0.2) is 60.7 Å². The first-order valence-electron chi connectivity index (χ1n) is 6.86. The fraction of sp³-hybridized carbons (Fsp3) is 0.294. The number of hydrogen-bond donors (Lipinski definition) is 1. The second-order valence-electron chi connectivity index (χ2n) is 5.09. The van der Waals surface area contributed by atoms with Crippen LogP contribution in [0.1, 0.15) is 35.3 Å². The highest BCUT2D eigenvalue weighted by Gasteiger charge is 2.36. The van der Waals surface area contributed by atoms with Gasteiger partial charge in [-0.05, 0) is 24.0 Å². The Kier molecular flexibility index (Phi) is 5.40. The van der Waals surface area contributed by atoms with Gasteiger partial charge in [-0.1, -0.05) is 68.6 Å². The van der Waals surface area contributed by atoms with Crippen molar-refractivity contribution in [1.29, 1.82) is 0 Å². The van der Waals surface area contributed by atoms with Crippen molar-refractivity contribution < 1.29 is 5.11 Å². The molecule has 2 aromatic rings. The van der Waals surface area contributed by atoms with Crippen molar-refractivity contribution >= 4 is 16.3 Å². The van der Waals surface area contributed by atoms with E-state index in [-0.39, 0.29) is 16.3 Å². The van der Waals surface area contributed by atoms with Gasteiger partial charge < -0.3 is 5.11 Å². The fourth-order valence-corrected chi connectivity index (χ4v) is 6.03. The van der Waals surface area contributed by atoms with Gasteiger partial charge in [0, 0.05) is 11.3 Å². The molecule has 104 valence electrons. The van der Waals surface area contributed by atoms with Crippen molar-refractivity contribution in [2.45, 2.75) is 24.2 Å². The molecule has 1 aliphatic rings. The summed E-state index contributed by atoms with van der Waals surface area (Å²) < 4.78 is 0. The first kappa shape index (κ1) is 15.3. The van der Waals surface area contributed by atoms with Gasteiger partial charge in [-0.3, -0.25) is 0 Å². The summed E-state index contributed by atoms with van der Waals surface area (Å²) in [5.41, 5.74) is 3.93. The Hall–Kier alpha value is -1.11. The third-order valence-corrected chi connectivity index (χ3v) is 7.09. The highest BCUT2D eigenvalue weighted by atomic mass is 31.1. The van der Waals surface area contributed by atoms with Crippen LogP contribution in [-0.2, 0) is 0 Å². The molecule has 1 fully saturated rings. The van der Waals surface area contributed by atoms with E-state index in [1.807, 2.05) is 0 Å². The van der Waals surface area contributed by atoms with E-state index in [4.69, 9.17) is 0 Å². The average molecular weight is 284 g/mol. The number of rotatable bonds is 3. The van der Waals surface area contributed by atoms with E-state index in [1.54, 1.807) is 0 Å². The van der Waals surface area contributed by atoms with Gasteiger partial charge in [0.15, 0.2) is 0 Å². The summed E-state index contributed by atoms with van der Waals surface area (Å²) in [5.74, 6) is 0. The highest BCUT2D eigenvalue weighted by Crippen LogP contribution is 2.69. The van der Waals surface area contributed by atoms with Gasteiger partial charge in [0.1, 0.15) is 0 Å². The van der Waals surface area contributed by atoms with Crippen molar-refractivity contribution in [1.82, 2.24) is 0 Å². The lowest BCUT2D eigenvalue weighted by molar-refractivity contribution is 0.368. The summed E-state index contributed by atoms with van der Waals surface area (Å²) >= 11 is 0. The predicted molar refractivity (Wildman–Crippen MR) is 91.5 cm³/mol. The van der Waals surface area contributed by atoms with Gasteiger partial charge in [0.05, 0.1) is 14.8 Å². The Morgan fingerprint density at radius 1 is 0.800 bits per heavy atom. The number of aliphatic hydroxyl groups is 1. The average Bonchev–Trinajstić information content (AvgIpc) is 2.93. The third kappa shape index (κ3) is 2.97. The largest absolute Gasteiger partial charge is 0.392 e.